The number of morpholine rings is 1. The summed E-state index contributed by atoms with van der Waals surface area (Å²) in [6, 6.07) is 3.70. The maximum atomic E-state index is 12.6. The molecule has 0 radical (unpaired) electrons. The molecule has 0 saturated carbocycles. The van der Waals surface area contributed by atoms with Gasteiger partial charge in [-0.25, -0.2) is 4.98 Å². The summed E-state index contributed by atoms with van der Waals surface area (Å²) in [7, 11) is 3.66. The van der Waals surface area contributed by atoms with Crippen LogP contribution < -0.4 is 5.32 Å². The minimum absolute atomic E-state index is 0.00991. The average molecular weight is 301 g/mol. The Morgan fingerprint density at radius 1 is 1.41 bits per heavy atom. The first kappa shape index (κ1) is 14.5. The number of carbonyl (C=O) groups is 1. The number of amides is 1. The van der Waals surface area contributed by atoms with E-state index in [0.717, 1.165) is 5.69 Å². The van der Waals surface area contributed by atoms with Gasteiger partial charge in [0.05, 0.1) is 13.2 Å². The van der Waals surface area contributed by atoms with Gasteiger partial charge in [-0.1, -0.05) is 0 Å². The number of aromatic nitrogens is 3. The lowest BCUT2D eigenvalue weighted by Gasteiger charge is -2.33. The summed E-state index contributed by atoms with van der Waals surface area (Å²) in [4.78, 5) is 23.0. The smallest absolute Gasteiger partial charge is 0.270 e. The van der Waals surface area contributed by atoms with Crippen LogP contribution in [-0.4, -0.2) is 52.1 Å². The molecule has 116 valence electrons. The summed E-state index contributed by atoms with van der Waals surface area (Å²) in [5.74, 6) is 0.691. The van der Waals surface area contributed by atoms with E-state index in [4.69, 9.17) is 4.74 Å². The highest BCUT2D eigenvalue weighted by atomic mass is 16.5. The fraction of sp³-hybridized carbons (Fsp3) is 0.400. The van der Waals surface area contributed by atoms with Gasteiger partial charge in [0, 0.05) is 39.2 Å². The quantitative estimate of drug-likeness (QED) is 0.918. The van der Waals surface area contributed by atoms with Crippen molar-refractivity contribution in [2.75, 3.05) is 32.1 Å². The highest BCUT2D eigenvalue weighted by Gasteiger charge is 2.29. The molecule has 22 heavy (non-hydrogen) atoms. The number of hydrogen-bond donors (Lipinski definition) is 1. The van der Waals surface area contributed by atoms with Crippen molar-refractivity contribution in [1.82, 2.24) is 19.4 Å². The summed E-state index contributed by atoms with van der Waals surface area (Å²) in [5.41, 5.74) is 1.41. The Balaban J connectivity index is 1.80. The molecule has 7 heteroatoms. The molecule has 2 aromatic heterocycles. The van der Waals surface area contributed by atoms with E-state index in [2.05, 4.69) is 15.3 Å². The first-order valence-corrected chi connectivity index (χ1v) is 7.21. The van der Waals surface area contributed by atoms with Gasteiger partial charge in [0.25, 0.3) is 5.91 Å². The number of nitrogens with one attached hydrogen (secondary N) is 1. The fourth-order valence-electron chi connectivity index (χ4n) is 2.62. The standard InChI is InChI=1S/C15H19N5O2/c1-16-14-13(17-5-6-18-14)12-10-20(8-9-22-12)15(21)11-4-3-7-19(11)2/h3-7,12H,8-10H2,1-2H3,(H,16,18)/t12-/m1/s1. The van der Waals surface area contributed by atoms with Gasteiger partial charge in [0.1, 0.15) is 23.3 Å². The minimum atomic E-state index is -0.269. The second-order valence-corrected chi connectivity index (χ2v) is 5.16. The van der Waals surface area contributed by atoms with Crippen LogP contribution in [0.4, 0.5) is 5.82 Å². The van der Waals surface area contributed by atoms with Crippen LogP contribution in [0.15, 0.2) is 30.7 Å². The Hall–Kier alpha value is -2.41. The molecule has 1 N–H and O–H groups in total. The number of ether oxygens (including phenoxy) is 1. The Bertz CT molecular complexity index is 669. The van der Waals surface area contributed by atoms with Gasteiger partial charge in [-0.15, -0.1) is 0 Å². The van der Waals surface area contributed by atoms with Crippen LogP contribution in [-0.2, 0) is 11.8 Å². The Morgan fingerprint density at radius 3 is 2.95 bits per heavy atom. The lowest BCUT2D eigenvalue weighted by molar-refractivity contribution is -0.0248. The molecule has 0 aromatic carbocycles. The molecule has 1 fully saturated rings. The Labute approximate surface area is 128 Å². The van der Waals surface area contributed by atoms with Crippen molar-refractivity contribution in [3.63, 3.8) is 0 Å². The predicted octanol–water partition coefficient (Wildman–Crippen LogP) is 1.07. The summed E-state index contributed by atoms with van der Waals surface area (Å²) < 4.78 is 7.62. The van der Waals surface area contributed by atoms with E-state index in [1.807, 2.05) is 29.9 Å². The van der Waals surface area contributed by atoms with Crippen LogP contribution in [0, 0.1) is 0 Å². The average Bonchev–Trinajstić information content (AvgIpc) is 3.00. The Kier molecular flexibility index (Phi) is 4.06. The van der Waals surface area contributed by atoms with Crippen LogP contribution in [0.3, 0.4) is 0 Å². The second-order valence-electron chi connectivity index (χ2n) is 5.16. The molecule has 0 unspecified atom stereocenters. The summed E-state index contributed by atoms with van der Waals surface area (Å²) in [6.07, 6.45) is 4.87. The second kappa shape index (κ2) is 6.15. The van der Waals surface area contributed by atoms with Gasteiger partial charge >= 0.3 is 0 Å². The third kappa shape index (κ3) is 2.67. The van der Waals surface area contributed by atoms with Crippen LogP contribution in [0.5, 0.6) is 0 Å². The van der Waals surface area contributed by atoms with E-state index < -0.39 is 0 Å². The number of rotatable bonds is 3. The predicted molar refractivity (Wildman–Crippen MR) is 81.6 cm³/mol. The van der Waals surface area contributed by atoms with E-state index in [1.165, 1.54) is 0 Å². The molecular weight excluding hydrogens is 282 g/mol. The van der Waals surface area contributed by atoms with E-state index in [-0.39, 0.29) is 12.0 Å². The van der Waals surface area contributed by atoms with Crippen molar-refractivity contribution in [2.45, 2.75) is 6.10 Å². The maximum Gasteiger partial charge on any atom is 0.270 e. The van der Waals surface area contributed by atoms with Crippen LogP contribution in [0.1, 0.15) is 22.3 Å². The molecule has 7 nitrogen and oxygen atoms in total. The maximum absolute atomic E-state index is 12.6. The van der Waals surface area contributed by atoms with Crippen molar-refractivity contribution in [3.05, 3.63) is 42.1 Å². The molecule has 0 aliphatic carbocycles. The van der Waals surface area contributed by atoms with Crippen molar-refractivity contribution < 1.29 is 9.53 Å². The molecule has 0 bridgehead atoms. The monoisotopic (exact) mass is 301 g/mol. The zero-order valence-corrected chi connectivity index (χ0v) is 12.7. The Morgan fingerprint density at radius 2 is 2.23 bits per heavy atom. The molecule has 1 aliphatic rings. The van der Waals surface area contributed by atoms with Gasteiger partial charge in [0.15, 0.2) is 0 Å². The SMILES string of the molecule is CNc1nccnc1[C@H]1CN(C(=O)c2cccn2C)CCO1. The van der Waals surface area contributed by atoms with Gasteiger partial charge in [0.2, 0.25) is 0 Å². The van der Waals surface area contributed by atoms with E-state index >= 15 is 0 Å². The van der Waals surface area contributed by atoms with Gasteiger partial charge in [-0.2, -0.15) is 0 Å². The number of carbonyl (C=O) groups excluding carboxylic acids is 1. The topological polar surface area (TPSA) is 72.3 Å². The highest BCUT2D eigenvalue weighted by Crippen LogP contribution is 2.25. The van der Waals surface area contributed by atoms with Crippen LogP contribution in [0.2, 0.25) is 0 Å². The van der Waals surface area contributed by atoms with E-state index in [9.17, 15) is 4.79 Å². The molecule has 3 heterocycles. The molecular formula is C15H19N5O2. The minimum Gasteiger partial charge on any atom is -0.372 e. The fourth-order valence-corrected chi connectivity index (χ4v) is 2.62. The van der Waals surface area contributed by atoms with Gasteiger partial charge in [-0.05, 0) is 12.1 Å². The zero-order valence-electron chi connectivity index (χ0n) is 12.7. The zero-order chi connectivity index (χ0) is 15.5. The molecule has 0 spiro atoms. The molecule has 1 saturated heterocycles. The molecule has 1 atom stereocenters. The van der Waals surface area contributed by atoms with Crippen molar-refractivity contribution in [1.29, 1.82) is 0 Å². The number of aryl methyl sites for hydroxylation is 1. The first-order chi connectivity index (χ1) is 10.7. The van der Waals surface area contributed by atoms with Crippen molar-refractivity contribution >= 4 is 11.7 Å². The lowest BCUT2D eigenvalue weighted by Crippen LogP contribution is -2.43. The normalized spacial score (nSPS) is 18.3. The molecule has 2 aromatic rings. The number of hydrogen-bond acceptors (Lipinski definition) is 5. The lowest BCUT2D eigenvalue weighted by atomic mass is 10.2. The number of anilines is 1. The van der Waals surface area contributed by atoms with Crippen LogP contribution >= 0.6 is 0 Å². The van der Waals surface area contributed by atoms with E-state index in [0.29, 0.717) is 31.2 Å². The van der Waals surface area contributed by atoms with Crippen molar-refractivity contribution in [3.8, 4) is 0 Å². The highest BCUT2D eigenvalue weighted by molar-refractivity contribution is 5.92. The van der Waals surface area contributed by atoms with Crippen LogP contribution in [0.25, 0.3) is 0 Å². The molecule has 3 rings (SSSR count). The molecule has 1 amide bonds. The third-order valence-corrected chi connectivity index (χ3v) is 3.78. The number of nitrogens with zero attached hydrogens (tertiary/aromatic N) is 4. The summed E-state index contributed by atoms with van der Waals surface area (Å²) in [5, 5.41) is 3.01. The summed E-state index contributed by atoms with van der Waals surface area (Å²) in [6.45, 7) is 1.54. The molecule has 1 aliphatic heterocycles. The third-order valence-electron chi connectivity index (χ3n) is 3.78. The van der Waals surface area contributed by atoms with Gasteiger partial charge in [-0.3, -0.25) is 9.78 Å². The summed E-state index contributed by atoms with van der Waals surface area (Å²) >= 11 is 0. The van der Waals surface area contributed by atoms with E-state index in [1.54, 1.807) is 24.3 Å². The largest absolute Gasteiger partial charge is 0.372 e. The van der Waals surface area contributed by atoms with Gasteiger partial charge < -0.3 is 19.5 Å². The van der Waals surface area contributed by atoms with Crippen molar-refractivity contribution in [2.24, 2.45) is 7.05 Å². The first-order valence-electron chi connectivity index (χ1n) is 7.21.